The first-order chi connectivity index (χ1) is 8.24. The average Bonchev–Trinajstić information content (AvgIpc) is 2.71. The number of hydrogen-bond acceptors (Lipinski definition) is 2. The van der Waals surface area contributed by atoms with Crippen molar-refractivity contribution in [1.29, 1.82) is 0 Å². The van der Waals surface area contributed by atoms with Crippen LogP contribution in [0.1, 0.15) is 12.5 Å². The van der Waals surface area contributed by atoms with Crippen molar-refractivity contribution in [2.24, 2.45) is 0 Å². The molecule has 4 heteroatoms. The van der Waals surface area contributed by atoms with Gasteiger partial charge in [0.25, 0.3) is 0 Å². The molecule has 0 aliphatic rings. The van der Waals surface area contributed by atoms with Crippen LogP contribution < -0.4 is 4.90 Å². The molecule has 17 heavy (non-hydrogen) atoms. The lowest BCUT2D eigenvalue weighted by Crippen LogP contribution is -3.10. The molecule has 2 N–H and O–H groups in total. The molecule has 0 radical (unpaired) electrons. The predicted octanol–water partition coefficient (Wildman–Crippen LogP) is 1.95. The fourth-order valence-electron chi connectivity index (χ4n) is 2.01. The van der Waals surface area contributed by atoms with Gasteiger partial charge in [-0.2, -0.15) is 0 Å². The minimum Gasteiger partial charge on any atom is -0.391 e. The van der Waals surface area contributed by atoms with Crippen LogP contribution in [0.15, 0.2) is 23.6 Å². The van der Waals surface area contributed by atoms with Crippen LogP contribution >= 0.6 is 22.9 Å². The summed E-state index contributed by atoms with van der Waals surface area (Å²) in [4.78, 5) is 1.40. The van der Waals surface area contributed by atoms with Crippen LogP contribution in [0.2, 0.25) is 5.02 Å². The first kappa shape index (κ1) is 12.8. The van der Waals surface area contributed by atoms with E-state index in [-0.39, 0.29) is 6.61 Å². The molecule has 1 aromatic carbocycles. The number of hydrogen-bond donors (Lipinski definition) is 2. The number of fused-ring (bicyclic) bond motifs is 1. The van der Waals surface area contributed by atoms with Gasteiger partial charge in [0, 0.05) is 26.1 Å². The van der Waals surface area contributed by atoms with Crippen LogP contribution in [-0.4, -0.2) is 24.8 Å². The molecule has 92 valence electrons. The Morgan fingerprint density at radius 2 is 2.24 bits per heavy atom. The third-order valence-electron chi connectivity index (χ3n) is 3.02. The third-order valence-corrected chi connectivity index (χ3v) is 4.27. The van der Waals surface area contributed by atoms with Crippen molar-refractivity contribution in [1.82, 2.24) is 0 Å². The lowest BCUT2D eigenvalue weighted by atomic mass is 10.1. The highest BCUT2D eigenvalue weighted by Gasteiger charge is 2.11. The summed E-state index contributed by atoms with van der Waals surface area (Å²) < 4.78 is 1.28. The quantitative estimate of drug-likeness (QED) is 0.853. The predicted molar refractivity (Wildman–Crippen MR) is 74.0 cm³/mol. The van der Waals surface area contributed by atoms with E-state index in [9.17, 15) is 0 Å². The number of nitrogens with one attached hydrogen (secondary N) is 1. The maximum Gasteiger partial charge on any atom is 0.104 e. The van der Waals surface area contributed by atoms with Gasteiger partial charge < -0.3 is 10.0 Å². The van der Waals surface area contributed by atoms with E-state index in [1.807, 2.05) is 12.1 Å². The van der Waals surface area contributed by atoms with E-state index in [2.05, 4.69) is 18.4 Å². The summed E-state index contributed by atoms with van der Waals surface area (Å²) >= 11 is 7.80. The van der Waals surface area contributed by atoms with Crippen LogP contribution in [0.25, 0.3) is 10.1 Å². The van der Waals surface area contributed by atoms with E-state index in [1.165, 1.54) is 20.5 Å². The van der Waals surface area contributed by atoms with Gasteiger partial charge >= 0.3 is 0 Å². The number of aliphatic hydroxyl groups is 1. The third kappa shape index (κ3) is 2.99. The maximum absolute atomic E-state index is 9.01. The van der Waals surface area contributed by atoms with E-state index in [4.69, 9.17) is 16.7 Å². The summed E-state index contributed by atoms with van der Waals surface area (Å²) in [6.07, 6.45) is 0. The molecular formula is C13H17ClNOS+. The van der Waals surface area contributed by atoms with Gasteiger partial charge in [-0.3, -0.25) is 0 Å². The first-order valence-electron chi connectivity index (χ1n) is 5.84. The Labute approximate surface area is 110 Å². The van der Waals surface area contributed by atoms with Crippen LogP contribution in [0, 0.1) is 0 Å². The molecule has 0 bridgehead atoms. The highest BCUT2D eigenvalue weighted by Crippen LogP contribution is 2.28. The van der Waals surface area contributed by atoms with Crippen molar-refractivity contribution < 1.29 is 10.0 Å². The number of thiophene rings is 1. The van der Waals surface area contributed by atoms with Crippen LogP contribution in [-0.2, 0) is 6.54 Å². The Kier molecular flexibility index (Phi) is 4.40. The van der Waals surface area contributed by atoms with Crippen molar-refractivity contribution in [2.45, 2.75) is 13.5 Å². The minimum atomic E-state index is 0.242. The van der Waals surface area contributed by atoms with E-state index in [0.717, 1.165) is 24.7 Å². The fraction of sp³-hybridized carbons (Fsp3) is 0.385. The van der Waals surface area contributed by atoms with Crippen molar-refractivity contribution in [3.05, 3.63) is 34.2 Å². The Bertz CT molecular complexity index is 497. The van der Waals surface area contributed by atoms with Gasteiger partial charge in [0.2, 0.25) is 0 Å². The molecule has 2 nitrogen and oxygen atoms in total. The van der Waals surface area contributed by atoms with Crippen LogP contribution in [0.3, 0.4) is 0 Å². The molecule has 0 amide bonds. The zero-order valence-corrected chi connectivity index (χ0v) is 11.4. The SMILES string of the molecule is CC[NH+](CCO)Cc1csc2ccc(Cl)cc12. The van der Waals surface area contributed by atoms with Crippen LogP contribution in [0.4, 0.5) is 0 Å². The minimum absolute atomic E-state index is 0.242. The largest absolute Gasteiger partial charge is 0.391 e. The number of rotatable bonds is 5. The summed E-state index contributed by atoms with van der Waals surface area (Å²) in [5, 5.41) is 13.3. The standard InChI is InChI=1S/C13H16ClNOS/c1-2-15(5-6-16)8-10-9-17-13-4-3-11(14)7-12(10)13/h3-4,7,9,16H,2,5-6,8H2,1H3/p+1. The molecule has 1 atom stereocenters. The highest BCUT2D eigenvalue weighted by atomic mass is 35.5. The molecule has 2 aromatic rings. The summed E-state index contributed by atoms with van der Waals surface area (Å²) in [6, 6.07) is 6.04. The van der Waals surface area contributed by atoms with Crippen molar-refractivity contribution in [3.8, 4) is 0 Å². The van der Waals surface area contributed by atoms with Gasteiger partial charge in [-0.25, -0.2) is 0 Å². The molecule has 2 rings (SSSR count). The highest BCUT2D eigenvalue weighted by molar-refractivity contribution is 7.17. The van der Waals surface area contributed by atoms with Gasteiger partial charge in [0.1, 0.15) is 13.1 Å². The second-order valence-electron chi connectivity index (χ2n) is 4.16. The van der Waals surface area contributed by atoms with Gasteiger partial charge in [-0.1, -0.05) is 11.6 Å². The van der Waals surface area contributed by atoms with Gasteiger partial charge in [-0.15, -0.1) is 11.3 Å². The number of quaternary nitrogens is 1. The lowest BCUT2D eigenvalue weighted by Gasteiger charge is -2.15. The number of benzene rings is 1. The van der Waals surface area contributed by atoms with E-state index >= 15 is 0 Å². The van der Waals surface area contributed by atoms with Crippen molar-refractivity contribution >= 4 is 33.0 Å². The normalized spacial score (nSPS) is 13.1. The van der Waals surface area contributed by atoms with Crippen molar-refractivity contribution in [2.75, 3.05) is 19.7 Å². The topological polar surface area (TPSA) is 24.7 Å². The first-order valence-corrected chi connectivity index (χ1v) is 7.10. The number of halogens is 1. The second-order valence-corrected chi connectivity index (χ2v) is 5.50. The van der Waals surface area contributed by atoms with Gasteiger partial charge in [0.15, 0.2) is 0 Å². The molecule has 1 aromatic heterocycles. The smallest absolute Gasteiger partial charge is 0.104 e. The van der Waals surface area contributed by atoms with E-state index in [1.54, 1.807) is 11.3 Å². The molecule has 0 saturated carbocycles. The number of likely N-dealkylation sites (N-methyl/N-ethyl adjacent to an activating group) is 1. The van der Waals surface area contributed by atoms with E-state index in [0.29, 0.717) is 0 Å². The van der Waals surface area contributed by atoms with E-state index < -0.39 is 0 Å². The Morgan fingerprint density at radius 3 is 2.94 bits per heavy atom. The summed E-state index contributed by atoms with van der Waals surface area (Å²) in [5.41, 5.74) is 1.33. The van der Waals surface area contributed by atoms with Crippen LogP contribution in [0.5, 0.6) is 0 Å². The molecule has 1 heterocycles. The Hall–Kier alpha value is -0.610. The molecule has 0 spiro atoms. The average molecular weight is 271 g/mol. The molecule has 0 aliphatic heterocycles. The second kappa shape index (κ2) is 5.83. The zero-order chi connectivity index (χ0) is 12.3. The zero-order valence-electron chi connectivity index (χ0n) is 9.87. The van der Waals surface area contributed by atoms with Gasteiger partial charge in [0.05, 0.1) is 13.2 Å². The summed E-state index contributed by atoms with van der Waals surface area (Å²) in [6.45, 7) is 5.17. The van der Waals surface area contributed by atoms with Crippen molar-refractivity contribution in [3.63, 3.8) is 0 Å². The molecule has 1 unspecified atom stereocenters. The Balaban J connectivity index is 2.26. The molecule has 0 aliphatic carbocycles. The Morgan fingerprint density at radius 1 is 1.41 bits per heavy atom. The molecule has 0 fully saturated rings. The molecule has 0 saturated heterocycles. The number of aliphatic hydroxyl groups excluding tert-OH is 1. The lowest BCUT2D eigenvalue weighted by molar-refractivity contribution is -0.912. The maximum atomic E-state index is 9.01. The monoisotopic (exact) mass is 270 g/mol. The van der Waals surface area contributed by atoms with Gasteiger partial charge in [-0.05, 0) is 25.1 Å². The summed E-state index contributed by atoms with van der Waals surface area (Å²) in [5.74, 6) is 0. The fourth-order valence-corrected chi connectivity index (χ4v) is 3.12. The summed E-state index contributed by atoms with van der Waals surface area (Å²) in [7, 11) is 0. The molecular weight excluding hydrogens is 254 g/mol.